The maximum absolute atomic E-state index is 13.5. The minimum absolute atomic E-state index is 0.0438. The maximum atomic E-state index is 13.5. The monoisotopic (exact) mass is 293 g/mol. The van der Waals surface area contributed by atoms with E-state index in [4.69, 9.17) is 0 Å². The largest absolute Gasteiger partial charge is 0.362 e. The molecule has 0 heterocycles. The van der Waals surface area contributed by atoms with E-state index in [1.807, 2.05) is 11.8 Å². The Bertz CT molecular complexity index is 500. The number of hydrogen-bond acceptors (Lipinski definition) is 3. The highest BCUT2D eigenvalue weighted by molar-refractivity contribution is 5.81. The van der Waals surface area contributed by atoms with Crippen LogP contribution in [0.3, 0.4) is 0 Å². The van der Waals surface area contributed by atoms with Crippen LogP contribution in [0.25, 0.3) is 0 Å². The number of carbonyl (C=O) groups excluding carboxylic acids is 1. The van der Waals surface area contributed by atoms with Crippen molar-refractivity contribution in [1.29, 1.82) is 0 Å². The van der Waals surface area contributed by atoms with Gasteiger partial charge in [0.15, 0.2) is 0 Å². The fourth-order valence-corrected chi connectivity index (χ4v) is 2.22. The maximum Gasteiger partial charge on any atom is 0.241 e. The summed E-state index contributed by atoms with van der Waals surface area (Å²) in [5.74, 6) is -0.191. The number of nitrogens with one attached hydrogen (secondary N) is 1. The van der Waals surface area contributed by atoms with Crippen LogP contribution in [-0.2, 0) is 11.3 Å². The Hall–Kier alpha value is -1.62. The van der Waals surface area contributed by atoms with E-state index in [-0.39, 0.29) is 11.7 Å². The highest BCUT2D eigenvalue weighted by Crippen LogP contribution is 2.24. The molecule has 0 aromatic heterocycles. The van der Waals surface area contributed by atoms with Gasteiger partial charge in [0.25, 0.3) is 0 Å². The Balaban J connectivity index is 2.15. The van der Waals surface area contributed by atoms with Crippen LogP contribution >= 0.6 is 0 Å². The molecule has 0 saturated heterocycles. The van der Waals surface area contributed by atoms with Gasteiger partial charge in [0.05, 0.1) is 6.54 Å². The van der Waals surface area contributed by atoms with Crippen LogP contribution in [0.1, 0.15) is 25.3 Å². The van der Waals surface area contributed by atoms with E-state index in [9.17, 15) is 9.18 Å². The molecule has 21 heavy (non-hydrogen) atoms. The van der Waals surface area contributed by atoms with Crippen molar-refractivity contribution in [2.45, 2.75) is 32.4 Å². The van der Waals surface area contributed by atoms with Crippen molar-refractivity contribution >= 4 is 11.6 Å². The Morgan fingerprint density at radius 3 is 2.67 bits per heavy atom. The highest BCUT2D eigenvalue weighted by atomic mass is 19.1. The molecule has 0 aliphatic heterocycles. The first kappa shape index (κ1) is 15.8. The number of halogens is 1. The third-order valence-corrected chi connectivity index (χ3v) is 3.75. The summed E-state index contributed by atoms with van der Waals surface area (Å²) in [5.41, 5.74) is 1.84. The highest BCUT2D eigenvalue weighted by Gasteiger charge is 2.21. The van der Waals surface area contributed by atoms with Crippen LogP contribution < -0.4 is 10.2 Å². The SMILES string of the molecule is CCN(CC(=O)N(C)C)c1ccc(F)cc1CNC1CC1. The summed E-state index contributed by atoms with van der Waals surface area (Å²) in [5, 5.41) is 3.41. The Morgan fingerprint density at radius 1 is 1.38 bits per heavy atom. The van der Waals surface area contributed by atoms with E-state index < -0.39 is 0 Å². The van der Waals surface area contributed by atoms with Gasteiger partial charge in [0, 0.05) is 38.9 Å². The van der Waals surface area contributed by atoms with Gasteiger partial charge in [-0.2, -0.15) is 0 Å². The van der Waals surface area contributed by atoms with Crippen molar-refractivity contribution in [3.8, 4) is 0 Å². The zero-order chi connectivity index (χ0) is 15.4. The average Bonchev–Trinajstić information content (AvgIpc) is 3.27. The minimum atomic E-state index is -0.235. The third-order valence-electron chi connectivity index (χ3n) is 3.75. The molecule has 1 aromatic rings. The lowest BCUT2D eigenvalue weighted by Crippen LogP contribution is -2.37. The second kappa shape index (κ2) is 6.89. The van der Waals surface area contributed by atoms with Crippen molar-refractivity contribution < 1.29 is 9.18 Å². The topological polar surface area (TPSA) is 35.6 Å². The first-order valence-corrected chi connectivity index (χ1v) is 7.48. The Labute approximate surface area is 125 Å². The van der Waals surface area contributed by atoms with Crippen LogP contribution in [0.4, 0.5) is 10.1 Å². The van der Waals surface area contributed by atoms with Crippen molar-refractivity contribution in [3.63, 3.8) is 0 Å². The molecular weight excluding hydrogens is 269 g/mol. The van der Waals surface area contributed by atoms with Crippen LogP contribution in [0, 0.1) is 5.82 Å². The predicted molar refractivity (Wildman–Crippen MR) is 82.8 cm³/mol. The van der Waals surface area contributed by atoms with Gasteiger partial charge in [-0.3, -0.25) is 4.79 Å². The second-order valence-corrected chi connectivity index (χ2v) is 5.73. The summed E-state index contributed by atoms with van der Waals surface area (Å²) >= 11 is 0. The zero-order valence-corrected chi connectivity index (χ0v) is 13.0. The van der Waals surface area contributed by atoms with Crippen molar-refractivity contribution in [3.05, 3.63) is 29.6 Å². The number of likely N-dealkylation sites (N-methyl/N-ethyl adjacent to an activating group) is 2. The van der Waals surface area contributed by atoms with Crippen molar-refractivity contribution in [2.75, 3.05) is 32.1 Å². The molecule has 1 aliphatic carbocycles. The molecule has 1 saturated carbocycles. The van der Waals surface area contributed by atoms with E-state index in [0.29, 0.717) is 25.7 Å². The van der Waals surface area contributed by atoms with Gasteiger partial charge in [-0.25, -0.2) is 4.39 Å². The molecule has 0 radical (unpaired) electrons. The lowest BCUT2D eigenvalue weighted by molar-refractivity contribution is -0.127. The van der Waals surface area contributed by atoms with E-state index in [2.05, 4.69) is 5.32 Å². The zero-order valence-electron chi connectivity index (χ0n) is 13.0. The molecule has 1 N–H and O–H groups in total. The van der Waals surface area contributed by atoms with Gasteiger partial charge in [0.1, 0.15) is 5.82 Å². The van der Waals surface area contributed by atoms with Gasteiger partial charge >= 0.3 is 0 Å². The number of nitrogens with zero attached hydrogens (tertiary/aromatic N) is 2. The first-order valence-electron chi connectivity index (χ1n) is 7.48. The molecule has 1 aromatic carbocycles. The van der Waals surface area contributed by atoms with Gasteiger partial charge in [0.2, 0.25) is 5.91 Å². The van der Waals surface area contributed by atoms with Crippen LogP contribution in [0.2, 0.25) is 0 Å². The Morgan fingerprint density at radius 2 is 2.10 bits per heavy atom. The molecule has 5 heteroatoms. The number of benzene rings is 1. The van der Waals surface area contributed by atoms with Gasteiger partial charge < -0.3 is 15.1 Å². The Kier molecular flexibility index (Phi) is 5.17. The minimum Gasteiger partial charge on any atom is -0.362 e. The van der Waals surface area contributed by atoms with E-state index in [1.165, 1.54) is 18.9 Å². The average molecular weight is 293 g/mol. The standard InChI is InChI=1S/C16H24FN3O/c1-4-20(11-16(21)19(2)3)15-8-5-13(17)9-12(15)10-18-14-6-7-14/h5,8-9,14,18H,4,6-7,10-11H2,1-3H3. The summed E-state index contributed by atoms with van der Waals surface area (Å²) < 4.78 is 13.5. The summed E-state index contributed by atoms with van der Waals surface area (Å²) in [6.07, 6.45) is 2.39. The molecule has 0 unspecified atom stereocenters. The lowest BCUT2D eigenvalue weighted by atomic mass is 10.1. The fourth-order valence-electron chi connectivity index (χ4n) is 2.22. The summed E-state index contributed by atoms with van der Waals surface area (Å²) in [4.78, 5) is 15.5. The normalized spacial score (nSPS) is 14.1. The molecule has 1 aliphatic rings. The number of amides is 1. The van der Waals surface area contributed by atoms with E-state index in [0.717, 1.165) is 11.3 Å². The predicted octanol–water partition coefficient (Wildman–Crippen LogP) is 1.99. The molecule has 0 bridgehead atoms. The summed E-state index contributed by atoms with van der Waals surface area (Å²) in [7, 11) is 3.49. The van der Waals surface area contributed by atoms with E-state index >= 15 is 0 Å². The molecule has 116 valence electrons. The number of carbonyl (C=O) groups is 1. The third kappa shape index (κ3) is 4.43. The summed E-state index contributed by atoms with van der Waals surface area (Å²) in [6.45, 7) is 3.67. The lowest BCUT2D eigenvalue weighted by Gasteiger charge is -2.26. The molecule has 4 nitrogen and oxygen atoms in total. The second-order valence-electron chi connectivity index (χ2n) is 5.73. The number of hydrogen-bond donors (Lipinski definition) is 1. The number of anilines is 1. The van der Waals surface area contributed by atoms with Crippen LogP contribution in [0.5, 0.6) is 0 Å². The fraction of sp³-hybridized carbons (Fsp3) is 0.562. The van der Waals surface area contributed by atoms with Crippen molar-refractivity contribution in [1.82, 2.24) is 10.2 Å². The van der Waals surface area contributed by atoms with Gasteiger partial charge in [-0.05, 0) is 43.5 Å². The van der Waals surface area contributed by atoms with E-state index in [1.54, 1.807) is 31.1 Å². The van der Waals surface area contributed by atoms with Crippen LogP contribution in [0.15, 0.2) is 18.2 Å². The molecule has 2 rings (SSSR count). The summed E-state index contributed by atoms with van der Waals surface area (Å²) in [6, 6.07) is 5.36. The van der Waals surface area contributed by atoms with Crippen molar-refractivity contribution in [2.24, 2.45) is 0 Å². The first-order chi connectivity index (χ1) is 10.0. The smallest absolute Gasteiger partial charge is 0.241 e. The van der Waals surface area contributed by atoms with Gasteiger partial charge in [-0.1, -0.05) is 0 Å². The van der Waals surface area contributed by atoms with Gasteiger partial charge in [-0.15, -0.1) is 0 Å². The molecule has 0 atom stereocenters. The molecular formula is C16H24FN3O. The molecule has 0 spiro atoms. The number of rotatable bonds is 7. The quantitative estimate of drug-likeness (QED) is 0.835. The van der Waals surface area contributed by atoms with Crippen LogP contribution in [-0.4, -0.2) is 44.0 Å². The molecule has 1 amide bonds. The molecule has 1 fully saturated rings.